The van der Waals surface area contributed by atoms with Gasteiger partial charge >= 0.3 is 0 Å². The summed E-state index contributed by atoms with van der Waals surface area (Å²) in [5, 5.41) is 0. The van der Waals surface area contributed by atoms with Gasteiger partial charge in [-0.3, -0.25) is 4.79 Å². The maximum Gasteiger partial charge on any atom is 0.130 e. The molecule has 2 heteroatoms. The molecule has 0 aromatic carbocycles. The van der Waals surface area contributed by atoms with Crippen molar-refractivity contribution in [3.63, 3.8) is 0 Å². The van der Waals surface area contributed by atoms with Gasteiger partial charge in [0.05, 0.1) is 0 Å². The first-order valence-corrected chi connectivity index (χ1v) is 6.80. The summed E-state index contributed by atoms with van der Waals surface area (Å²) in [4.78, 5) is 9.99. The number of carbonyl (C=O) groups excluding carboxylic acids is 1. The van der Waals surface area contributed by atoms with Crippen LogP contribution < -0.4 is 0 Å². The Morgan fingerprint density at radius 2 is 1.13 bits per heavy atom. The molecule has 0 aliphatic rings. The summed E-state index contributed by atoms with van der Waals surface area (Å²) in [5.74, 6) is 37.8. The molecular formula is C21H12OS. The predicted octanol–water partition coefficient (Wildman–Crippen LogP) is 1.56. The first kappa shape index (κ1) is 21.8. The van der Waals surface area contributed by atoms with E-state index in [1.54, 1.807) is 13.8 Å². The van der Waals surface area contributed by atoms with Crippen LogP contribution in [0.25, 0.3) is 0 Å². The lowest BCUT2D eigenvalue weighted by molar-refractivity contribution is -0.116. The normalized spacial score (nSPS) is 4.96. The molecule has 23 heavy (non-hydrogen) atoms. The van der Waals surface area contributed by atoms with E-state index in [9.17, 15) is 4.79 Å². The Hall–Kier alpha value is -3.50. The largest absolute Gasteiger partial charge is 0.300 e. The van der Waals surface area contributed by atoms with E-state index < -0.39 is 0 Å². The van der Waals surface area contributed by atoms with Crippen LogP contribution in [0, 0.1) is 95.2 Å². The molecule has 0 bridgehead atoms. The molecule has 0 fully saturated rings. The quantitative estimate of drug-likeness (QED) is 0.605. The number of terminal acetylenes is 1. The Balaban J connectivity index is 0. The first-order valence-electron chi connectivity index (χ1n) is 6.16. The lowest BCUT2D eigenvalue weighted by atomic mass is 10.4. The van der Waals surface area contributed by atoms with Crippen molar-refractivity contribution in [2.24, 2.45) is 0 Å². The maximum atomic E-state index is 9.99. The van der Waals surface area contributed by atoms with E-state index >= 15 is 0 Å². The standard InChI is InChI=1S/C17H4.C4H8OS/c1-3-5-7-9-11-13-15-17-16-14-12-10-8-6-4-2;1-4(5)2-3-6/h1H,2H3;6H,2-3H2,1H3. The minimum atomic E-state index is 0.213. The molecule has 1 nitrogen and oxygen atoms in total. The zero-order chi connectivity index (χ0) is 17.6. The molecule has 0 radical (unpaired) electrons. The van der Waals surface area contributed by atoms with Crippen molar-refractivity contribution in [1.82, 2.24) is 0 Å². The molecule has 0 saturated carbocycles. The minimum absolute atomic E-state index is 0.213. The number of Topliss-reactive ketones (excluding diaryl/α,β-unsaturated/α-hetero) is 1. The van der Waals surface area contributed by atoms with Gasteiger partial charge < -0.3 is 0 Å². The third-order valence-corrected chi connectivity index (χ3v) is 1.63. The van der Waals surface area contributed by atoms with E-state index in [1.807, 2.05) is 0 Å². The van der Waals surface area contributed by atoms with Crippen molar-refractivity contribution >= 4 is 18.4 Å². The van der Waals surface area contributed by atoms with Crippen LogP contribution in [0.5, 0.6) is 0 Å². The second-order valence-electron chi connectivity index (χ2n) is 3.19. The molecule has 0 aromatic heterocycles. The van der Waals surface area contributed by atoms with E-state index in [0.717, 1.165) is 0 Å². The number of hydrogen-bond donors (Lipinski definition) is 1. The van der Waals surface area contributed by atoms with Gasteiger partial charge in [0.15, 0.2) is 0 Å². The molecule has 0 saturated heterocycles. The Morgan fingerprint density at radius 3 is 1.35 bits per heavy atom. The van der Waals surface area contributed by atoms with Gasteiger partial charge in [-0.2, -0.15) is 12.6 Å². The first-order chi connectivity index (χ1) is 11.2. The summed E-state index contributed by atoms with van der Waals surface area (Å²) in [7, 11) is 0. The van der Waals surface area contributed by atoms with Gasteiger partial charge in [0.1, 0.15) is 5.78 Å². The van der Waals surface area contributed by atoms with Gasteiger partial charge in [-0.05, 0) is 102 Å². The summed E-state index contributed by atoms with van der Waals surface area (Å²) in [6.45, 7) is 3.27. The van der Waals surface area contributed by atoms with Gasteiger partial charge in [-0.1, -0.05) is 5.92 Å². The third kappa shape index (κ3) is 27.6. The Labute approximate surface area is 144 Å². The van der Waals surface area contributed by atoms with Crippen LogP contribution in [0.1, 0.15) is 20.3 Å². The molecule has 0 unspecified atom stereocenters. The maximum absolute atomic E-state index is 9.99. The van der Waals surface area contributed by atoms with Crippen molar-refractivity contribution in [2.45, 2.75) is 20.3 Å². The van der Waals surface area contributed by atoms with Crippen molar-refractivity contribution in [1.29, 1.82) is 0 Å². The zero-order valence-electron chi connectivity index (χ0n) is 12.8. The molecule has 0 atom stereocenters. The molecule has 0 aliphatic heterocycles. The molecule has 0 amide bonds. The van der Waals surface area contributed by atoms with Gasteiger partial charge in [-0.25, -0.2) is 0 Å². The average Bonchev–Trinajstić information content (AvgIpc) is 2.52. The van der Waals surface area contributed by atoms with Crippen LogP contribution in [0.4, 0.5) is 0 Å². The third-order valence-electron chi connectivity index (χ3n) is 1.41. The fourth-order valence-corrected chi connectivity index (χ4v) is 0.915. The van der Waals surface area contributed by atoms with Crippen LogP contribution in [0.3, 0.4) is 0 Å². The predicted molar refractivity (Wildman–Crippen MR) is 98.1 cm³/mol. The highest BCUT2D eigenvalue weighted by Crippen LogP contribution is 1.82. The minimum Gasteiger partial charge on any atom is -0.300 e. The van der Waals surface area contributed by atoms with Gasteiger partial charge in [0.2, 0.25) is 0 Å². The van der Waals surface area contributed by atoms with Crippen LogP contribution in [-0.2, 0) is 4.79 Å². The second kappa shape index (κ2) is 20.8. The second-order valence-corrected chi connectivity index (χ2v) is 3.64. The van der Waals surface area contributed by atoms with Gasteiger partial charge in [0.25, 0.3) is 0 Å². The lowest BCUT2D eigenvalue weighted by Crippen LogP contribution is -1.87. The summed E-state index contributed by atoms with van der Waals surface area (Å²) >= 11 is 3.84. The van der Waals surface area contributed by atoms with E-state index in [2.05, 4.69) is 101 Å². The number of carbonyl (C=O) groups is 1. The average molecular weight is 312 g/mol. The Kier molecular flexibility index (Phi) is 19.7. The Bertz CT molecular complexity index is 864. The van der Waals surface area contributed by atoms with Gasteiger partial charge in [-0.15, -0.1) is 6.42 Å². The van der Waals surface area contributed by atoms with Crippen molar-refractivity contribution in [2.75, 3.05) is 5.75 Å². The SMILES string of the molecule is C#CC#CC#CC#CC#CC#CC#CC#CC.CC(=O)CCS. The van der Waals surface area contributed by atoms with Gasteiger partial charge in [0, 0.05) is 6.42 Å². The molecule has 0 aliphatic carbocycles. The summed E-state index contributed by atoms with van der Waals surface area (Å²) in [6, 6.07) is 0. The smallest absolute Gasteiger partial charge is 0.130 e. The molecular weight excluding hydrogens is 300 g/mol. The highest BCUT2D eigenvalue weighted by atomic mass is 32.1. The highest BCUT2D eigenvalue weighted by Gasteiger charge is 1.84. The number of rotatable bonds is 2. The van der Waals surface area contributed by atoms with Crippen LogP contribution >= 0.6 is 12.6 Å². The highest BCUT2D eigenvalue weighted by molar-refractivity contribution is 7.80. The van der Waals surface area contributed by atoms with E-state index in [1.165, 1.54) is 0 Å². The Morgan fingerprint density at radius 1 is 0.783 bits per heavy atom. The fourth-order valence-electron chi connectivity index (χ4n) is 0.600. The van der Waals surface area contributed by atoms with Crippen molar-refractivity contribution in [3.8, 4) is 95.2 Å². The number of ketones is 1. The van der Waals surface area contributed by atoms with Crippen molar-refractivity contribution in [3.05, 3.63) is 0 Å². The number of hydrogen-bond acceptors (Lipinski definition) is 2. The number of thiol groups is 1. The van der Waals surface area contributed by atoms with Crippen LogP contribution in [0.2, 0.25) is 0 Å². The monoisotopic (exact) mass is 312 g/mol. The van der Waals surface area contributed by atoms with Crippen molar-refractivity contribution < 1.29 is 4.79 Å². The summed E-state index contributed by atoms with van der Waals surface area (Å²) < 4.78 is 0. The molecule has 0 N–H and O–H groups in total. The van der Waals surface area contributed by atoms with E-state index in [0.29, 0.717) is 12.2 Å². The zero-order valence-corrected chi connectivity index (χ0v) is 13.7. The lowest BCUT2D eigenvalue weighted by Gasteiger charge is -1.80. The summed E-state index contributed by atoms with van der Waals surface area (Å²) in [5.41, 5.74) is 0. The van der Waals surface area contributed by atoms with E-state index in [4.69, 9.17) is 6.42 Å². The molecule has 0 rings (SSSR count). The topological polar surface area (TPSA) is 17.1 Å². The molecule has 0 aromatic rings. The summed E-state index contributed by atoms with van der Waals surface area (Å²) in [6.07, 6.45) is 5.48. The molecule has 0 heterocycles. The van der Waals surface area contributed by atoms with E-state index in [-0.39, 0.29) is 5.78 Å². The fraction of sp³-hybridized carbons (Fsp3) is 0.190. The molecule has 0 spiro atoms. The molecule has 108 valence electrons. The van der Waals surface area contributed by atoms with Crippen LogP contribution in [-0.4, -0.2) is 11.5 Å². The van der Waals surface area contributed by atoms with Crippen LogP contribution in [0.15, 0.2) is 0 Å².